The maximum absolute atomic E-state index is 5.94. The van der Waals surface area contributed by atoms with E-state index >= 15 is 0 Å². The number of rotatable bonds is 5. The van der Waals surface area contributed by atoms with Crippen molar-refractivity contribution in [1.29, 1.82) is 0 Å². The molecular formula is C9H15N3OS. The Hall–Kier alpha value is -0.550. The number of thioether (sulfide) groups is 1. The predicted molar refractivity (Wildman–Crippen MR) is 55.8 cm³/mol. The lowest BCUT2D eigenvalue weighted by Crippen LogP contribution is -2.12. The topological polar surface area (TPSA) is 64.9 Å². The van der Waals surface area contributed by atoms with Crippen LogP contribution in [0.3, 0.4) is 0 Å². The first-order valence-corrected chi connectivity index (χ1v) is 6.12. The van der Waals surface area contributed by atoms with Crippen molar-refractivity contribution < 1.29 is 4.52 Å². The second-order valence-electron chi connectivity index (χ2n) is 3.55. The summed E-state index contributed by atoms with van der Waals surface area (Å²) in [7, 11) is 0. The molecule has 1 aromatic heterocycles. The second kappa shape index (κ2) is 4.31. The summed E-state index contributed by atoms with van der Waals surface area (Å²) in [5.74, 6) is 3.83. The lowest BCUT2D eigenvalue weighted by Gasteiger charge is -2.01. The van der Waals surface area contributed by atoms with Crippen LogP contribution in [0.1, 0.15) is 37.5 Å². The van der Waals surface area contributed by atoms with Gasteiger partial charge in [-0.05, 0) is 24.5 Å². The molecule has 1 fully saturated rings. The van der Waals surface area contributed by atoms with Gasteiger partial charge in [-0.25, -0.2) is 0 Å². The Labute approximate surface area is 87.6 Å². The van der Waals surface area contributed by atoms with Crippen molar-refractivity contribution in [3.63, 3.8) is 0 Å². The quantitative estimate of drug-likeness (QED) is 0.807. The van der Waals surface area contributed by atoms with Gasteiger partial charge in [0, 0.05) is 0 Å². The van der Waals surface area contributed by atoms with E-state index in [4.69, 9.17) is 10.3 Å². The fourth-order valence-corrected chi connectivity index (χ4v) is 1.82. The van der Waals surface area contributed by atoms with Gasteiger partial charge in [0.2, 0.25) is 5.89 Å². The first-order chi connectivity index (χ1) is 6.81. The summed E-state index contributed by atoms with van der Waals surface area (Å²) < 4.78 is 5.13. The van der Waals surface area contributed by atoms with Crippen LogP contribution in [0, 0.1) is 5.92 Å². The van der Waals surface area contributed by atoms with Crippen molar-refractivity contribution in [2.24, 2.45) is 11.7 Å². The van der Waals surface area contributed by atoms with Gasteiger partial charge >= 0.3 is 0 Å². The van der Waals surface area contributed by atoms with E-state index in [1.165, 1.54) is 12.8 Å². The summed E-state index contributed by atoms with van der Waals surface area (Å²) in [6, 6.07) is -0.0390. The van der Waals surface area contributed by atoms with Gasteiger partial charge in [-0.15, -0.1) is 0 Å². The van der Waals surface area contributed by atoms with Crippen molar-refractivity contribution in [2.45, 2.75) is 31.6 Å². The lowest BCUT2D eigenvalue weighted by molar-refractivity contribution is 0.341. The first kappa shape index (κ1) is 9.98. The van der Waals surface area contributed by atoms with Crippen LogP contribution in [0.2, 0.25) is 0 Å². The molecule has 1 saturated carbocycles. The minimum absolute atomic E-state index is 0.0390. The standard InChI is InChI=1S/C9H15N3OS/c1-2-14-5-7-11-9(13-12-7)8(10)6-3-4-6/h6,8H,2-5,10H2,1H3. The van der Waals surface area contributed by atoms with Crippen LogP contribution in [0.5, 0.6) is 0 Å². The van der Waals surface area contributed by atoms with E-state index in [0.717, 1.165) is 17.3 Å². The number of hydrogen-bond donors (Lipinski definition) is 1. The van der Waals surface area contributed by atoms with Crippen LogP contribution >= 0.6 is 11.8 Å². The zero-order valence-corrected chi connectivity index (χ0v) is 9.09. The normalized spacial score (nSPS) is 18.4. The van der Waals surface area contributed by atoms with Gasteiger partial charge in [0.05, 0.1) is 11.8 Å². The SMILES string of the molecule is CCSCc1noc(C(N)C2CC2)n1. The van der Waals surface area contributed by atoms with Gasteiger partial charge in [-0.3, -0.25) is 0 Å². The number of nitrogens with zero attached hydrogens (tertiary/aromatic N) is 2. The molecule has 78 valence electrons. The van der Waals surface area contributed by atoms with E-state index in [2.05, 4.69) is 17.1 Å². The molecule has 1 aromatic rings. The minimum Gasteiger partial charge on any atom is -0.338 e. The molecule has 0 bridgehead atoms. The molecule has 1 aliphatic rings. The van der Waals surface area contributed by atoms with Crippen molar-refractivity contribution in [3.05, 3.63) is 11.7 Å². The van der Waals surface area contributed by atoms with Crippen LogP contribution in [0.4, 0.5) is 0 Å². The molecule has 0 aliphatic heterocycles. The van der Waals surface area contributed by atoms with Crippen LogP contribution in [0.15, 0.2) is 4.52 Å². The fraction of sp³-hybridized carbons (Fsp3) is 0.778. The molecule has 0 saturated heterocycles. The highest BCUT2D eigenvalue weighted by molar-refractivity contribution is 7.98. The minimum atomic E-state index is -0.0390. The van der Waals surface area contributed by atoms with Crippen molar-refractivity contribution in [2.75, 3.05) is 5.75 Å². The van der Waals surface area contributed by atoms with E-state index in [0.29, 0.717) is 11.8 Å². The zero-order valence-electron chi connectivity index (χ0n) is 8.27. The van der Waals surface area contributed by atoms with Crippen LogP contribution in [0.25, 0.3) is 0 Å². The summed E-state index contributed by atoms with van der Waals surface area (Å²) in [4.78, 5) is 4.29. The van der Waals surface area contributed by atoms with Gasteiger partial charge in [0.1, 0.15) is 0 Å². The fourth-order valence-electron chi connectivity index (χ4n) is 1.31. The maximum Gasteiger partial charge on any atom is 0.243 e. The Morgan fingerprint density at radius 2 is 2.43 bits per heavy atom. The molecule has 1 heterocycles. The third-order valence-electron chi connectivity index (χ3n) is 2.33. The highest BCUT2D eigenvalue weighted by Crippen LogP contribution is 2.38. The average Bonchev–Trinajstić information content (AvgIpc) is 2.94. The molecule has 5 heteroatoms. The maximum atomic E-state index is 5.94. The molecule has 2 N–H and O–H groups in total. The van der Waals surface area contributed by atoms with Crippen molar-refractivity contribution in [1.82, 2.24) is 10.1 Å². The molecule has 0 radical (unpaired) electrons. The Morgan fingerprint density at radius 3 is 3.07 bits per heavy atom. The van der Waals surface area contributed by atoms with Crippen LogP contribution in [-0.4, -0.2) is 15.9 Å². The summed E-state index contributed by atoms with van der Waals surface area (Å²) in [6.45, 7) is 2.11. The highest BCUT2D eigenvalue weighted by Gasteiger charge is 2.33. The summed E-state index contributed by atoms with van der Waals surface area (Å²) in [5.41, 5.74) is 5.94. The van der Waals surface area contributed by atoms with Gasteiger partial charge in [-0.2, -0.15) is 16.7 Å². The Kier molecular flexibility index (Phi) is 3.08. The first-order valence-electron chi connectivity index (χ1n) is 4.97. The van der Waals surface area contributed by atoms with E-state index in [9.17, 15) is 0 Å². The van der Waals surface area contributed by atoms with Gasteiger partial charge in [0.25, 0.3) is 0 Å². The molecule has 0 amide bonds. The molecule has 0 spiro atoms. The molecule has 2 rings (SSSR count). The van der Waals surface area contributed by atoms with Crippen molar-refractivity contribution >= 4 is 11.8 Å². The summed E-state index contributed by atoms with van der Waals surface area (Å²) in [6.07, 6.45) is 2.39. The highest BCUT2D eigenvalue weighted by atomic mass is 32.2. The summed E-state index contributed by atoms with van der Waals surface area (Å²) >= 11 is 1.78. The third-order valence-corrected chi connectivity index (χ3v) is 3.20. The van der Waals surface area contributed by atoms with Crippen molar-refractivity contribution in [3.8, 4) is 0 Å². The largest absolute Gasteiger partial charge is 0.338 e. The average molecular weight is 213 g/mol. The van der Waals surface area contributed by atoms with Gasteiger partial charge in [-0.1, -0.05) is 12.1 Å². The van der Waals surface area contributed by atoms with Gasteiger partial charge < -0.3 is 10.3 Å². The third kappa shape index (κ3) is 2.27. The monoisotopic (exact) mass is 213 g/mol. The molecular weight excluding hydrogens is 198 g/mol. The number of nitrogens with two attached hydrogens (primary N) is 1. The lowest BCUT2D eigenvalue weighted by atomic mass is 10.2. The van der Waals surface area contributed by atoms with E-state index < -0.39 is 0 Å². The van der Waals surface area contributed by atoms with Gasteiger partial charge in [0.15, 0.2) is 5.82 Å². The number of aromatic nitrogens is 2. The Balaban J connectivity index is 1.94. The molecule has 14 heavy (non-hydrogen) atoms. The molecule has 1 unspecified atom stereocenters. The Bertz CT molecular complexity index is 298. The van der Waals surface area contributed by atoms with Crippen LogP contribution in [-0.2, 0) is 5.75 Å². The smallest absolute Gasteiger partial charge is 0.243 e. The predicted octanol–water partition coefficient (Wildman–Crippen LogP) is 1.73. The van der Waals surface area contributed by atoms with E-state index in [1.807, 2.05) is 0 Å². The zero-order chi connectivity index (χ0) is 9.97. The molecule has 1 aliphatic carbocycles. The molecule has 1 atom stereocenters. The summed E-state index contributed by atoms with van der Waals surface area (Å²) in [5, 5.41) is 3.90. The molecule has 0 aromatic carbocycles. The Morgan fingerprint density at radius 1 is 1.64 bits per heavy atom. The second-order valence-corrected chi connectivity index (χ2v) is 4.82. The van der Waals surface area contributed by atoms with E-state index in [1.54, 1.807) is 11.8 Å². The van der Waals surface area contributed by atoms with E-state index in [-0.39, 0.29) is 6.04 Å². The van der Waals surface area contributed by atoms with Crippen LogP contribution < -0.4 is 5.73 Å². The number of hydrogen-bond acceptors (Lipinski definition) is 5. The molecule has 4 nitrogen and oxygen atoms in total.